The maximum absolute atomic E-state index is 6.03. The zero-order valence-electron chi connectivity index (χ0n) is 12.0. The van der Waals surface area contributed by atoms with Crippen LogP contribution in [0.1, 0.15) is 35.6 Å². The minimum Gasteiger partial charge on any atom is -0.383 e. The van der Waals surface area contributed by atoms with Crippen molar-refractivity contribution in [3.63, 3.8) is 0 Å². The van der Waals surface area contributed by atoms with E-state index in [-0.39, 0.29) is 6.10 Å². The first-order valence-electron chi connectivity index (χ1n) is 7.25. The number of hydrogen-bond acceptors (Lipinski definition) is 4. The molecule has 0 amide bonds. The highest BCUT2D eigenvalue weighted by Gasteiger charge is 2.28. The highest BCUT2D eigenvalue weighted by Crippen LogP contribution is 2.36. The minimum absolute atomic E-state index is 0.286. The summed E-state index contributed by atoms with van der Waals surface area (Å²) in [5.41, 5.74) is 0. The van der Waals surface area contributed by atoms with E-state index in [0.717, 1.165) is 32.7 Å². The Labute approximate surface area is 120 Å². The SMILES string of the molecule is CCc1ccc(C2OCCCC2CNCCOC)s1. The summed E-state index contributed by atoms with van der Waals surface area (Å²) >= 11 is 1.91. The largest absolute Gasteiger partial charge is 0.383 e. The second kappa shape index (κ2) is 8.00. The fourth-order valence-electron chi connectivity index (χ4n) is 2.57. The van der Waals surface area contributed by atoms with Crippen LogP contribution in [0, 0.1) is 5.92 Å². The van der Waals surface area contributed by atoms with Crippen molar-refractivity contribution in [1.82, 2.24) is 5.32 Å². The third-order valence-electron chi connectivity index (χ3n) is 3.65. The summed E-state index contributed by atoms with van der Waals surface area (Å²) in [4.78, 5) is 2.85. The maximum atomic E-state index is 6.03. The van der Waals surface area contributed by atoms with Crippen LogP contribution in [0.3, 0.4) is 0 Å². The van der Waals surface area contributed by atoms with Gasteiger partial charge in [-0.05, 0) is 31.4 Å². The van der Waals surface area contributed by atoms with Gasteiger partial charge in [0.2, 0.25) is 0 Å². The molecule has 3 nitrogen and oxygen atoms in total. The predicted molar refractivity (Wildman–Crippen MR) is 79.9 cm³/mol. The van der Waals surface area contributed by atoms with E-state index in [1.165, 1.54) is 22.6 Å². The second-order valence-corrected chi connectivity index (χ2v) is 6.25. The monoisotopic (exact) mass is 283 g/mol. The molecule has 0 bridgehead atoms. The number of thiophene rings is 1. The molecule has 2 atom stereocenters. The van der Waals surface area contributed by atoms with Gasteiger partial charge in [-0.1, -0.05) is 6.92 Å². The Morgan fingerprint density at radius 3 is 3.11 bits per heavy atom. The van der Waals surface area contributed by atoms with Crippen LogP contribution in [-0.4, -0.2) is 33.4 Å². The summed E-state index contributed by atoms with van der Waals surface area (Å²) in [6.45, 7) is 5.83. The number of methoxy groups -OCH3 is 1. The molecule has 0 aromatic carbocycles. The minimum atomic E-state index is 0.286. The molecule has 19 heavy (non-hydrogen) atoms. The summed E-state index contributed by atoms with van der Waals surface area (Å²) < 4.78 is 11.1. The fraction of sp³-hybridized carbons (Fsp3) is 0.733. The number of nitrogens with one attached hydrogen (secondary N) is 1. The molecule has 0 radical (unpaired) electrons. The van der Waals surface area contributed by atoms with Gasteiger partial charge in [-0.15, -0.1) is 11.3 Å². The number of aryl methyl sites for hydroxylation is 1. The van der Waals surface area contributed by atoms with Crippen LogP contribution in [-0.2, 0) is 15.9 Å². The highest BCUT2D eigenvalue weighted by atomic mass is 32.1. The van der Waals surface area contributed by atoms with Gasteiger partial charge in [-0.2, -0.15) is 0 Å². The molecule has 1 N–H and O–H groups in total. The van der Waals surface area contributed by atoms with Crippen molar-refractivity contribution in [3.05, 3.63) is 21.9 Å². The van der Waals surface area contributed by atoms with Crippen molar-refractivity contribution in [3.8, 4) is 0 Å². The van der Waals surface area contributed by atoms with Crippen molar-refractivity contribution < 1.29 is 9.47 Å². The van der Waals surface area contributed by atoms with Crippen LogP contribution < -0.4 is 5.32 Å². The van der Waals surface area contributed by atoms with E-state index in [4.69, 9.17) is 9.47 Å². The lowest BCUT2D eigenvalue weighted by Gasteiger charge is -2.31. The maximum Gasteiger partial charge on any atom is 0.0956 e. The zero-order chi connectivity index (χ0) is 13.5. The first-order valence-corrected chi connectivity index (χ1v) is 8.06. The normalized spacial score (nSPS) is 23.7. The van der Waals surface area contributed by atoms with Crippen molar-refractivity contribution in [2.24, 2.45) is 5.92 Å². The molecular weight excluding hydrogens is 258 g/mol. The van der Waals surface area contributed by atoms with Gasteiger partial charge in [0.15, 0.2) is 0 Å². The van der Waals surface area contributed by atoms with Crippen LogP contribution in [0.2, 0.25) is 0 Å². The number of rotatable bonds is 7. The lowest BCUT2D eigenvalue weighted by molar-refractivity contribution is -0.0258. The van der Waals surface area contributed by atoms with Gasteiger partial charge in [0, 0.05) is 42.5 Å². The van der Waals surface area contributed by atoms with E-state index >= 15 is 0 Å². The summed E-state index contributed by atoms with van der Waals surface area (Å²) in [6.07, 6.45) is 3.84. The first kappa shape index (κ1) is 15.0. The molecule has 4 heteroatoms. The van der Waals surface area contributed by atoms with Crippen LogP contribution in [0.15, 0.2) is 12.1 Å². The van der Waals surface area contributed by atoms with Gasteiger partial charge in [0.05, 0.1) is 12.7 Å². The standard InChI is InChI=1S/C15H25NO2S/c1-3-13-6-7-14(19-13)15-12(5-4-9-18-15)11-16-8-10-17-2/h6-7,12,15-16H,3-5,8-11H2,1-2H3. The molecule has 1 saturated heterocycles. The quantitative estimate of drug-likeness (QED) is 0.780. The van der Waals surface area contributed by atoms with Crippen LogP contribution in [0.25, 0.3) is 0 Å². The summed E-state index contributed by atoms with van der Waals surface area (Å²) in [7, 11) is 1.74. The Bertz CT molecular complexity index is 367. The van der Waals surface area contributed by atoms with Gasteiger partial charge < -0.3 is 14.8 Å². The number of ether oxygens (including phenoxy) is 2. The average molecular weight is 283 g/mol. The predicted octanol–water partition coefficient (Wildman–Crippen LogP) is 3.01. The van der Waals surface area contributed by atoms with E-state index < -0.39 is 0 Å². The average Bonchev–Trinajstić information content (AvgIpc) is 2.93. The van der Waals surface area contributed by atoms with Gasteiger partial charge >= 0.3 is 0 Å². The molecule has 1 aliphatic heterocycles. The molecule has 0 aliphatic carbocycles. The molecule has 2 rings (SSSR count). The van der Waals surface area contributed by atoms with Crippen molar-refractivity contribution in [2.45, 2.75) is 32.3 Å². The molecule has 2 unspecified atom stereocenters. The molecule has 1 aliphatic rings. The van der Waals surface area contributed by atoms with Crippen LogP contribution in [0.4, 0.5) is 0 Å². The van der Waals surface area contributed by atoms with E-state index in [1.54, 1.807) is 7.11 Å². The van der Waals surface area contributed by atoms with Gasteiger partial charge in [-0.3, -0.25) is 0 Å². The molecular formula is C15H25NO2S. The smallest absolute Gasteiger partial charge is 0.0956 e. The van der Waals surface area contributed by atoms with Crippen molar-refractivity contribution in [1.29, 1.82) is 0 Å². The molecule has 2 heterocycles. The summed E-state index contributed by atoms with van der Waals surface area (Å²) in [6, 6.07) is 4.50. The molecule has 108 valence electrons. The lowest BCUT2D eigenvalue weighted by atomic mass is 9.93. The van der Waals surface area contributed by atoms with Crippen molar-refractivity contribution in [2.75, 3.05) is 33.4 Å². The number of hydrogen-bond donors (Lipinski definition) is 1. The molecule has 0 saturated carbocycles. The Hall–Kier alpha value is -0.420. The Kier molecular flexibility index (Phi) is 6.31. The van der Waals surface area contributed by atoms with E-state index in [1.807, 2.05) is 11.3 Å². The van der Waals surface area contributed by atoms with Gasteiger partial charge in [-0.25, -0.2) is 0 Å². The Morgan fingerprint density at radius 2 is 2.37 bits per heavy atom. The fourth-order valence-corrected chi connectivity index (χ4v) is 3.66. The third kappa shape index (κ3) is 4.28. The first-order chi connectivity index (χ1) is 9.35. The summed E-state index contributed by atoms with van der Waals surface area (Å²) in [5, 5.41) is 3.48. The highest BCUT2D eigenvalue weighted by molar-refractivity contribution is 7.12. The second-order valence-electron chi connectivity index (χ2n) is 5.05. The van der Waals surface area contributed by atoms with E-state index in [0.29, 0.717) is 5.92 Å². The van der Waals surface area contributed by atoms with Crippen molar-refractivity contribution >= 4 is 11.3 Å². The Morgan fingerprint density at radius 1 is 1.47 bits per heavy atom. The zero-order valence-corrected chi connectivity index (χ0v) is 12.8. The van der Waals surface area contributed by atoms with E-state index in [2.05, 4.69) is 24.4 Å². The topological polar surface area (TPSA) is 30.5 Å². The van der Waals surface area contributed by atoms with E-state index in [9.17, 15) is 0 Å². The van der Waals surface area contributed by atoms with Gasteiger partial charge in [0.25, 0.3) is 0 Å². The van der Waals surface area contributed by atoms with Gasteiger partial charge in [0.1, 0.15) is 0 Å². The Balaban J connectivity index is 1.91. The molecule has 1 aromatic heterocycles. The van der Waals surface area contributed by atoms with Crippen LogP contribution >= 0.6 is 11.3 Å². The molecule has 1 fully saturated rings. The molecule has 1 aromatic rings. The summed E-state index contributed by atoms with van der Waals surface area (Å²) in [5.74, 6) is 0.592. The molecule has 0 spiro atoms. The van der Waals surface area contributed by atoms with Crippen LogP contribution in [0.5, 0.6) is 0 Å². The lowest BCUT2D eigenvalue weighted by Crippen LogP contribution is -2.33. The third-order valence-corrected chi connectivity index (χ3v) is 4.94.